The summed E-state index contributed by atoms with van der Waals surface area (Å²) >= 11 is 12.0. The van der Waals surface area contributed by atoms with Crippen LogP contribution in [0.25, 0.3) is 0 Å². The van der Waals surface area contributed by atoms with E-state index in [1.165, 1.54) is 6.07 Å². The molecule has 2 aromatic carbocycles. The normalized spacial score (nSPS) is 10.7. The molecule has 0 saturated heterocycles. The maximum Gasteiger partial charge on any atom is 0.387 e. The van der Waals surface area contributed by atoms with Gasteiger partial charge in [0.2, 0.25) is 0 Å². The van der Waals surface area contributed by atoms with E-state index >= 15 is 0 Å². The molecule has 6 heteroatoms. The Balaban J connectivity index is 2.13. The van der Waals surface area contributed by atoms with Crippen molar-refractivity contribution in [3.63, 3.8) is 0 Å². The minimum Gasteiger partial charge on any atom is -0.433 e. The molecule has 0 aromatic heterocycles. The highest BCUT2D eigenvalue weighted by molar-refractivity contribution is 6.42. The molecule has 0 radical (unpaired) electrons. The van der Waals surface area contributed by atoms with Gasteiger partial charge in [0.05, 0.1) is 15.7 Å². The topological polar surface area (TPSA) is 21.3 Å². The van der Waals surface area contributed by atoms with Crippen molar-refractivity contribution in [3.05, 3.63) is 58.1 Å². The molecular formula is C14H11Cl2F2NO. The molecule has 0 aliphatic carbocycles. The van der Waals surface area contributed by atoms with Crippen LogP contribution in [-0.4, -0.2) is 6.61 Å². The summed E-state index contributed by atoms with van der Waals surface area (Å²) in [6.07, 6.45) is 0. The fraction of sp³-hybridized carbons (Fsp3) is 0.143. The van der Waals surface area contributed by atoms with E-state index in [9.17, 15) is 8.78 Å². The lowest BCUT2D eigenvalue weighted by molar-refractivity contribution is -0.0493. The maximum absolute atomic E-state index is 12.3. The van der Waals surface area contributed by atoms with Gasteiger partial charge in [0.1, 0.15) is 5.75 Å². The Bertz CT molecular complexity index is 593. The second-order valence-corrected chi connectivity index (χ2v) is 4.73. The quantitative estimate of drug-likeness (QED) is 0.817. The maximum atomic E-state index is 12.3. The number of alkyl halides is 2. The van der Waals surface area contributed by atoms with Gasteiger partial charge in [-0.15, -0.1) is 0 Å². The fourth-order valence-electron chi connectivity index (χ4n) is 1.69. The van der Waals surface area contributed by atoms with Crippen LogP contribution in [0.1, 0.15) is 5.56 Å². The Hall–Kier alpha value is -1.52. The number of para-hydroxylation sites is 2. The van der Waals surface area contributed by atoms with Gasteiger partial charge in [-0.05, 0) is 23.8 Å². The first-order valence-electron chi connectivity index (χ1n) is 5.78. The average Bonchev–Trinajstić information content (AvgIpc) is 2.41. The molecule has 0 amide bonds. The van der Waals surface area contributed by atoms with Crippen molar-refractivity contribution in [1.29, 1.82) is 0 Å². The van der Waals surface area contributed by atoms with E-state index in [1.807, 2.05) is 0 Å². The molecule has 0 spiro atoms. The van der Waals surface area contributed by atoms with Crippen LogP contribution in [0, 0.1) is 0 Å². The second kappa shape index (κ2) is 6.77. The van der Waals surface area contributed by atoms with E-state index in [0.29, 0.717) is 22.3 Å². The molecule has 0 fully saturated rings. The Morgan fingerprint density at radius 2 is 1.80 bits per heavy atom. The molecule has 1 N–H and O–H groups in total. The second-order valence-electron chi connectivity index (χ2n) is 3.94. The molecule has 106 valence electrons. The molecule has 2 aromatic rings. The smallest absolute Gasteiger partial charge is 0.387 e. The van der Waals surface area contributed by atoms with E-state index in [-0.39, 0.29) is 5.75 Å². The minimum absolute atomic E-state index is 0.0839. The van der Waals surface area contributed by atoms with Crippen LogP contribution in [0.3, 0.4) is 0 Å². The van der Waals surface area contributed by atoms with E-state index < -0.39 is 6.61 Å². The van der Waals surface area contributed by atoms with Crippen LogP contribution in [0.15, 0.2) is 42.5 Å². The Kier molecular flexibility index (Phi) is 5.04. The largest absolute Gasteiger partial charge is 0.433 e. The van der Waals surface area contributed by atoms with Crippen LogP contribution < -0.4 is 10.1 Å². The molecule has 0 heterocycles. The predicted molar refractivity (Wildman–Crippen MR) is 76.9 cm³/mol. The first-order valence-corrected chi connectivity index (χ1v) is 6.54. The number of hydrogen-bond acceptors (Lipinski definition) is 2. The van der Waals surface area contributed by atoms with E-state index in [0.717, 1.165) is 5.56 Å². The molecule has 0 aliphatic rings. The van der Waals surface area contributed by atoms with Gasteiger partial charge in [-0.25, -0.2) is 0 Å². The Morgan fingerprint density at radius 3 is 2.55 bits per heavy atom. The Labute approximate surface area is 125 Å². The lowest BCUT2D eigenvalue weighted by atomic mass is 10.2. The van der Waals surface area contributed by atoms with E-state index in [1.54, 1.807) is 36.4 Å². The van der Waals surface area contributed by atoms with Crippen LogP contribution >= 0.6 is 23.2 Å². The average molecular weight is 318 g/mol. The van der Waals surface area contributed by atoms with Crippen LogP contribution in [0.5, 0.6) is 5.75 Å². The molecule has 0 bridgehead atoms. The van der Waals surface area contributed by atoms with Crippen molar-refractivity contribution < 1.29 is 13.5 Å². The zero-order chi connectivity index (χ0) is 14.5. The molecule has 2 nitrogen and oxygen atoms in total. The first-order chi connectivity index (χ1) is 9.58. The lowest BCUT2D eigenvalue weighted by Gasteiger charge is -2.13. The third-order valence-electron chi connectivity index (χ3n) is 2.60. The lowest BCUT2D eigenvalue weighted by Crippen LogP contribution is -2.06. The summed E-state index contributed by atoms with van der Waals surface area (Å²) in [5.74, 6) is 0.0839. The molecule has 2 rings (SSSR count). The number of anilines is 1. The molecule has 0 atom stereocenters. The van der Waals surface area contributed by atoms with Gasteiger partial charge in [0.25, 0.3) is 0 Å². The van der Waals surface area contributed by atoms with Gasteiger partial charge in [-0.2, -0.15) is 8.78 Å². The summed E-state index contributed by atoms with van der Waals surface area (Å²) in [6, 6.07) is 11.7. The highest BCUT2D eigenvalue weighted by Gasteiger charge is 2.10. The van der Waals surface area contributed by atoms with Crippen molar-refractivity contribution in [1.82, 2.24) is 0 Å². The molecule has 0 saturated carbocycles. The number of ether oxygens (including phenoxy) is 1. The van der Waals surface area contributed by atoms with Crippen molar-refractivity contribution in [2.45, 2.75) is 13.2 Å². The minimum atomic E-state index is -2.87. The monoisotopic (exact) mass is 317 g/mol. The van der Waals surface area contributed by atoms with Gasteiger partial charge < -0.3 is 10.1 Å². The molecule has 20 heavy (non-hydrogen) atoms. The standard InChI is InChI=1S/C14H11Cl2F2NO/c15-10-5-3-4-9(13(10)16)8-19-11-6-1-2-7-12(11)20-14(17)18/h1-7,14,19H,8H2. The number of rotatable bonds is 5. The predicted octanol–water partition coefficient (Wildman–Crippen LogP) is 5.21. The molecular weight excluding hydrogens is 307 g/mol. The fourth-order valence-corrected chi connectivity index (χ4v) is 2.07. The zero-order valence-electron chi connectivity index (χ0n) is 10.2. The van der Waals surface area contributed by atoms with Crippen LogP contribution in [0.2, 0.25) is 10.0 Å². The zero-order valence-corrected chi connectivity index (χ0v) is 11.8. The van der Waals surface area contributed by atoms with Gasteiger partial charge in [0, 0.05) is 6.54 Å². The summed E-state index contributed by atoms with van der Waals surface area (Å²) in [5.41, 5.74) is 1.23. The number of nitrogens with one attached hydrogen (secondary N) is 1. The van der Waals surface area contributed by atoms with Crippen LogP contribution in [-0.2, 0) is 6.54 Å². The van der Waals surface area contributed by atoms with Crippen molar-refractivity contribution in [2.75, 3.05) is 5.32 Å². The van der Waals surface area contributed by atoms with Gasteiger partial charge in [-0.3, -0.25) is 0 Å². The van der Waals surface area contributed by atoms with Crippen molar-refractivity contribution in [2.24, 2.45) is 0 Å². The summed E-state index contributed by atoms with van der Waals surface area (Å²) in [4.78, 5) is 0. The van der Waals surface area contributed by atoms with Crippen molar-refractivity contribution >= 4 is 28.9 Å². The first kappa shape index (κ1) is 14.9. The number of benzene rings is 2. The van der Waals surface area contributed by atoms with E-state index in [4.69, 9.17) is 23.2 Å². The highest BCUT2D eigenvalue weighted by atomic mass is 35.5. The highest BCUT2D eigenvalue weighted by Crippen LogP contribution is 2.29. The summed E-state index contributed by atoms with van der Waals surface area (Å²) < 4.78 is 29.0. The van der Waals surface area contributed by atoms with Crippen LogP contribution in [0.4, 0.5) is 14.5 Å². The number of halogens is 4. The third kappa shape index (κ3) is 3.74. The molecule has 0 aliphatic heterocycles. The summed E-state index contributed by atoms with van der Waals surface area (Å²) in [7, 11) is 0. The van der Waals surface area contributed by atoms with Gasteiger partial charge in [0.15, 0.2) is 0 Å². The third-order valence-corrected chi connectivity index (χ3v) is 3.46. The van der Waals surface area contributed by atoms with E-state index in [2.05, 4.69) is 10.1 Å². The van der Waals surface area contributed by atoms with Gasteiger partial charge >= 0.3 is 6.61 Å². The summed E-state index contributed by atoms with van der Waals surface area (Å²) in [5, 5.41) is 3.89. The molecule has 0 unspecified atom stereocenters. The van der Waals surface area contributed by atoms with Crippen molar-refractivity contribution in [3.8, 4) is 5.75 Å². The van der Waals surface area contributed by atoms with Gasteiger partial charge in [-0.1, -0.05) is 47.5 Å². The number of hydrogen-bond donors (Lipinski definition) is 1. The Morgan fingerprint density at radius 1 is 1.05 bits per heavy atom. The SMILES string of the molecule is FC(F)Oc1ccccc1NCc1cccc(Cl)c1Cl. The summed E-state index contributed by atoms with van der Waals surface area (Å²) in [6.45, 7) is -2.52.